The van der Waals surface area contributed by atoms with E-state index in [2.05, 4.69) is 0 Å². The van der Waals surface area contributed by atoms with Crippen LogP contribution < -0.4 is 0 Å². The Balaban J connectivity index is 0.00000225. The summed E-state index contributed by atoms with van der Waals surface area (Å²) < 4.78 is 29.9. The molecule has 0 fully saturated rings. The maximum absolute atomic E-state index is 10.7. The van der Waals surface area contributed by atoms with Crippen LogP contribution in [0.25, 0.3) is 0 Å². The van der Waals surface area contributed by atoms with Crippen molar-refractivity contribution in [1.82, 2.24) is 0 Å². The molecule has 1 rings (SSSR count). The molecule has 1 aromatic carbocycles. The summed E-state index contributed by atoms with van der Waals surface area (Å²) in [5.74, 6) is -1.28. The predicted octanol–water partition coefficient (Wildman–Crippen LogP) is -0.473. The third-order valence-corrected chi connectivity index (χ3v) is 2.85. The maximum atomic E-state index is 10.7. The molecule has 84 valence electrons. The number of carbonyl (C=O) groups is 1. The van der Waals surface area contributed by atoms with E-state index in [9.17, 15) is 18.3 Å². The molecular formula is C9H11NaO5S. The minimum atomic E-state index is -4.64. The van der Waals surface area contributed by atoms with Gasteiger partial charge in [0, 0.05) is 0 Å². The zero-order valence-electron chi connectivity index (χ0n) is 7.65. The molecule has 2 N–H and O–H groups in total. The van der Waals surface area contributed by atoms with E-state index in [-0.39, 0.29) is 35.8 Å². The summed E-state index contributed by atoms with van der Waals surface area (Å²) in [6, 6.07) is 7.87. The van der Waals surface area contributed by atoms with Gasteiger partial charge < -0.3 is 9.90 Å². The molecule has 16 heavy (non-hydrogen) atoms. The molecule has 0 saturated heterocycles. The van der Waals surface area contributed by atoms with Gasteiger partial charge in [-0.15, -0.1) is 0 Å². The number of carbonyl (C=O) groups excluding carboxylic acids is 1. The van der Waals surface area contributed by atoms with Crippen molar-refractivity contribution in [2.75, 3.05) is 0 Å². The number of benzene rings is 1. The van der Waals surface area contributed by atoms with Crippen molar-refractivity contribution in [3.63, 3.8) is 0 Å². The van der Waals surface area contributed by atoms with E-state index in [1.807, 2.05) is 0 Å². The Labute approximate surface area is 116 Å². The van der Waals surface area contributed by atoms with Gasteiger partial charge in [-0.1, -0.05) is 30.3 Å². The van der Waals surface area contributed by atoms with Crippen LogP contribution >= 0.6 is 0 Å². The van der Waals surface area contributed by atoms with Gasteiger partial charge in [-0.3, -0.25) is 4.55 Å². The van der Waals surface area contributed by atoms with Crippen LogP contribution in [0.4, 0.5) is 0 Å². The Morgan fingerprint density at radius 1 is 1.19 bits per heavy atom. The molecule has 0 aromatic heterocycles. The molecule has 0 aliphatic carbocycles. The van der Waals surface area contributed by atoms with E-state index < -0.39 is 21.5 Å². The van der Waals surface area contributed by atoms with E-state index >= 15 is 0 Å². The fourth-order valence-electron chi connectivity index (χ4n) is 1.17. The van der Waals surface area contributed by atoms with Gasteiger partial charge >= 0.3 is 29.6 Å². The molecule has 7 heteroatoms. The van der Waals surface area contributed by atoms with E-state index in [0.29, 0.717) is 5.56 Å². The van der Waals surface area contributed by atoms with Crippen molar-refractivity contribution in [2.24, 2.45) is 0 Å². The molecule has 0 spiro atoms. The number of aliphatic hydroxyl groups is 1. The summed E-state index contributed by atoms with van der Waals surface area (Å²) in [5, 5.41) is 9.23. The Hall–Kier alpha value is -0.240. The average molecular weight is 254 g/mol. The van der Waals surface area contributed by atoms with Crippen LogP contribution in [0.5, 0.6) is 0 Å². The number of aliphatic hydroxyl groups excluding tert-OH is 1. The summed E-state index contributed by atoms with van der Waals surface area (Å²) in [4.78, 5) is 10.7. The number of hydrogen-bond acceptors (Lipinski definition) is 4. The Bertz CT molecular complexity index is 430. The molecular weight excluding hydrogens is 243 g/mol. The van der Waals surface area contributed by atoms with Gasteiger partial charge in [0.1, 0.15) is 6.29 Å². The van der Waals surface area contributed by atoms with Crippen molar-refractivity contribution >= 4 is 46.0 Å². The van der Waals surface area contributed by atoms with E-state index in [4.69, 9.17) is 4.55 Å². The Morgan fingerprint density at radius 2 is 1.69 bits per heavy atom. The van der Waals surface area contributed by atoms with E-state index in [1.165, 1.54) is 12.1 Å². The third-order valence-electron chi connectivity index (χ3n) is 1.94. The van der Waals surface area contributed by atoms with Gasteiger partial charge in [-0.05, 0) is 5.56 Å². The molecule has 0 aliphatic rings. The SMILES string of the molecule is O=CC(c1ccccc1)C(O)S(=O)(=O)O.[NaH]. The summed E-state index contributed by atoms with van der Waals surface area (Å²) in [7, 11) is -4.64. The van der Waals surface area contributed by atoms with Crippen LogP contribution in [0.2, 0.25) is 0 Å². The van der Waals surface area contributed by atoms with Gasteiger partial charge in [0.2, 0.25) is 0 Å². The van der Waals surface area contributed by atoms with Crippen molar-refractivity contribution < 1.29 is 22.9 Å². The standard InChI is InChI=1S/C9H10O5S.Na.H/c10-6-8(9(11)15(12,13)14)7-4-2-1-3-5-7;;/h1-6,8-9,11H,(H,12,13,14);;. The molecule has 0 bridgehead atoms. The van der Waals surface area contributed by atoms with E-state index in [1.54, 1.807) is 18.2 Å². The Morgan fingerprint density at radius 3 is 2.06 bits per heavy atom. The molecule has 0 aliphatic heterocycles. The van der Waals surface area contributed by atoms with Crippen LogP contribution in [0.3, 0.4) is 0 Å². The average Bonchev–Trinajstić information content (AvgIpc) is 2.19. The van der Waals surface area contributed by atoms with Crippen molar-refractivity contribution in [2.45, 2.75) is 11.4 Å². The number of aldehydes is 1. The van der Waals surface area contributed by atoms with Crippen molar-refractivity contribution in [3.05, 3.63) is 35.9 Å². The topological polar surface area (TPSA) is 91.7 Å². The predicted molar refractivity (Wildman–Crippen MR) is 60.0 cm³/mol. The van der Waals surface area contributed by atoms with Crippen molar-refractivity contribution in [3.8, 4) is 0 Å². The van der Waals surface area contributed by atoms with Crippen LogP contribution in [-0.4, -0.2) is 59.4 Å². The van der Waals surface area contributed by atoms with Gasteiger partial charge in [0.25, 0.3) is 10.1 Å². The molecule has 0 heterocycles. The van der Waals surface area contributed by atoms with E-state index in [0.717, 1.165) is 0 Å². The second-order valence-electron chi connectivity index (χ2n) is 2.98. The van der Waals surface area contributed by atoms with Crippen LogP contribution in [0.1, 0.15) is 11.5 Å². The van der Waals surface area contributed by atoms with Crippen LogP contribution in [0.15, 0.2) is 30.3 Å². The minimum absolute atomic E-state index is 0. The second-order valence-corrected chi connectivity index (χ2v) is 4.49. The fraction of sp³-hybridized carbons (Fsp3) is 0.222. The fourth-order valence-corrected chi connectivity index (χ4v) is 1.76. The number of hydrogen-bond donors (Lipinski definition) is 2. The normalized spacial score (nSPS) is 14.6. The van der Waals surface area contributed by atoms with Gasteiger partial charge in [0.05, 0.1) is 5.92 Å². The molecule has 2 unspecified atom stereocenters. The molecule has 2 atom stereocenters. The molecule has 0 radical (unpaired) electrons. The number of rotatable bonds is 4. The second kappa shape index (κ2) is 6.48. The van der Waals surface area contributed by atoms with Crippen LogP contribution in [-0.2, 0) is 14.9 Å². The van der Waals surface area contributed by atoms with Gasteiger partial charge in [-0.2, -0.15) is 8.42 Å². The zero-order chi connectivity index (χ0) is 11.5. The van der Waals surface area contributed by atoms with Gasteiger partial charge in [-0.25, -0.2) is 0 Å². The summed E-state index contributed by atoms with van der Waals surface area (Å²) in [6.07, 6.45) is 0.285. The monoisotopic (exact) mass is 254 g/mol. The van der Waals surface area contributed by atoms with Crippen LogP contribution in [0, 0.1) is 0 Å². The first-order valence-electron chi connectivity index (χ1n) is 4.11. The molecule has 0 saturated carbocycles. The molecule has 1 aromatic rings. The molecule has 0 amide bonds. The molecule has 5 nitrogen and oxygen atoms in total. The zero-order valence-corrected chi connectivity index (χ0v) is 8.46. The van der Waals surface area contributed by atoms with Gasteiger partial charge in [0.15, 0.2) is 5.44 Å². The Kier molecular flexibility index (Phi) is 6.39. The summed E-state index contributed by atoms with van der Waals surface area (Å²) >= 11 is 0. The third kappa shape index (κ3) is 3.97. The summed E-state index contributed by atoms with van der Waals surface area (Å²) in [5.41, 5.74) is -1.80. The first-order chi connectivity index (χ1) is 6.96. The first kappa shape index (κ1) is 15.8. The first-order valence-corrected chi connectivity index (χ1v) is 5.61. The quantitative estimate of drug-likeness (QED) is 0.430. The summed E-state index contributed by atoms with van der Waals surface area (Å²) in [6.45, 7) is 0. The van der Waals surface area contributed by atoms with Crippen molar-refractivity contribution in [1.29, 1.82) is 0 Å².